The Kier molecular flexibility index (Phi) is 2.99. The zero-order valence-electron chi connectivity index (χ0n) is 9.95. The molecule has 3 rings (SSSR count). The van der Waals surface area contributed by atoms with E-state index < -0.39 is 0 Å². The molecule has 0 amide bonds. The molecule has 2 heterocycles. The second-order valence-corrected chi connectivity index (χ2v) is 6.19. The molecule has 0 atom stereocenters. The lowest BCUT2D eigenvalue weighted by atomic mass is 10.2. The number of rotatable bonds is 1. The van der Waals surface area contributed by atoms with Gasteiger partial charge < -0.3 is 5.73 Å². The number of aromatic nitrogens is 2. The van der Waals surface area contributed by atoms with Crippen LogP contribution in [0.5, 0.6) is 0 Å². The molecule has 0 aliphatic heterocycles. The van der Waals surface area contributed by atoms with Crippen LogP contribution in [-0.4, -0.2) is 9.97 Å². The molecule has 0 saturated heterocycles. The Balaban J connectivity index is 2.31. The number of hydrogen-bond acceptors (Lipinski definition) is 4. The highest BCUT2D eigenvalue weighted by Gasteiger charge is 2.15. The number of hydrogen-bond donors (Lipinski definition) is 1. The highest BCUT2D eigenvalue weighted by molar-refractivity contribution is 9.10. The van der Waals surface area contributed by atoms with E-state index in [1.807, 2.05) is 13.0 Å². The van der Waals surface area contributed by atoms with Gasteiger partial charge in [0.2, 0.25) is 0 Å². The number of thiophene rings is 1. The highest BCUT2D eigenvalue weighted by Crippen LogP contribution is 2.33. The second kappa shape index (κ2) is 4.54. The van der Waals surface area contributed by atoms with Crippen LogP contribution in [0.2, 0.25) is 0 Å². The summed E-state index contributed by atoms with van der Waals surface area (Å²) >= 11 is 4.84. The molecule has 1 aromatic carbocycles. The lowest BCUT2D eigenvalue weighted by molar-refractivity contribution is 0.629. The van der Waals surface area contributed by atoms with Gasteiger partial charge in [-0.1, -0.05) is 6.07 Å². The Morgan fingerprint density at radius 3 is 2.84 bits per heavy atom. The summed E-state index contributed by atoms with van der Waals surface area (Å²) in [5.74, 6) is 0.303. The molecule has 0 fully saturated rings. The number of nitrogen functional groups attached to an aromatic ring is 1. The van der Waals surface area contributed by atoms with Gasteiger partial charge in [0, 0.05) is 9.35 Å². The van der Waals surface area contributed by atoms with Gasteiger partial charge in [0.05, 0.1) is 10.9 Å². The SMILES string of the molecule is Cc1cc2c(N)nc(-c3c(F)cccc3Br)nc2s1. The van der Waals surface area contributed by atoms with Crippen LogP contribution in [0.4, 0.5) is 10.2 Å². The van der Waals surface area contributed by atoms with Crippen LogP contribution < -0.4 is 5.73 Å². The monoisotopic (exact) mass is 337 g/mol. The van der Waals surface area contributed by atoms with Crippen molar-refractivity contribution in [3.8, 4) is 11.4 Å². The molecule has 2 N–H and O–H groups in total. The summed E-state index contributed by atoms with van der Waals surface area (Å²) in [6, 6.07) is 6.70. The molecule has 0 radical (unpaired) electrons. The topological polar surface area (TPSA) is 51.8 Å². The van der Waals surface area contributed by atoms with Gasteiger partial charge in [0.15, 0.2) is 5.82 Å². The third kappa shape index (κ3) is 2.11. The van der Waals surface area contributed by atoms with Gasteiger partial charge in [0.25, 0.3) is 0 Å². The lowest BCUT2D eigenvalue weighted by Crippen LogP contribution is -1.98. The first-order valence-corrected chi connectivity index (χ1v) is 7.15. The zero-order chi connectivity index (χ0) is 13.6. The largest absolute Gasteiger partial charge is 0.383 e. The van der Waals surface area contributed by atoms with Crippen LogP contribution in [0.25, 0.3) is 21.6 Å². The highest BCUT2D eigenvalue weighted by atomic mass is 79.9. The molecule has 3 aromatic rings. The van der Waals surface area contributed by atoms with Gasteiger partial charge in [0.1, 0.15) is 16.5 Å². The molecule has 2 aromatic heterocycles. The minimum absolute atomic E-state index is 0.303. The van der Waals surface area contributed by atoms with E-state index in [9.17, 15) is 4.39 Å². The molecule has 19 heavy (non-hydrogen) atoms. The number of fused-ring (bicyclic) bond motifs is 1. The molecular formula is C13H9BrFN3S. The van der Waals surface area contributed by atoms with Gasteiger partial charge in [-0.05, 0) is 41.1 Å². The second-order valence-electron chi connectivity index (χ2n) is 4.10. The van der Waals surface area contributed by atoms with E-state index in [4.69, 9.17) is 5.73 Å². The molecule has 0 bridgehead atoms. The van der Waals surface area contributed by atoms with Crippen molar-refractivity contribution in [2.24, 2.45) is 0 Å². The maximum absolute atomic E-state index is 13.9. The van der Waals surface area contributed by atoms with Crippen LogP contribution >= 0.6 is 27.3 Å². The Labute approximate surface area is 121 Å². The molecule has 6 heteroatoms. The van der Waals surface area contributed by atoms with E-state index in [1.54, 1.807) is 12.1 Å². The van der Waals surface area contributed by atoms with Crippen molar-refractivity contribution in [2.45, 2.75) is 6.92 Å². The molecule has 96 valence electrons. The molecule has 0 saturated carbocycles. The molecule has 0 unspecified atom stereocenters. The van der Waals surface area contributed by atoms with E-state index >= 15 is 0 Å². The number of aryl methyl sites for hydroxylation is 1. The fourth-order valence-electron chi connectivity index (χ4n) is 1.89. The van der Waals surface area contributed by atoms with E-state index in [2.05, 4.69) is 25.9 Å². The molecular weight excluding hydrogens is 329 g/mol. The Morgan fingerprint density at radius 2 is 2.11 bits per heavy atom. The summed E-state index contributed by atoms with van der Waals surface area (Å²) in [6.07, 6.45) is 0. The summed E-state index contributed by atoms with van der Waals surface area (Å²) in [5.41, 5.74) is 6.26. The Bertz CT molecular complexity index is 765. The smallest absolute Gasteiger partial charge is 0.167 e. The quantitative estimate of drug-likeness (QED) is 0.725. The first-order valence-electron chi connectivity index (χ1n) is 5.54. The average molecular weight is 338 g/mol. The van der Waals surface area contributed by atoms with Crippen molar-refractivity contribution in [3.63, 3.8) is 0 Å². The van der Waals surface area contributed by atoms with Gasteiger partial charge in [-0.15, -0.1) is 11.3 Å². The van der Waals surface area contributed by atoms with Crippen LogP contribution in [-0.2, 0) is 0 Å². The summed E-state index contributed by atoms with van der Waals surface area (Å²) < 4.78 is 14.5. The number of anilines is 1. The third-order valence-electron chi connectivity index (χ3n) is 2.73. The fraction of sp³-hybridized carbons (Fsp3) is 0.0769. The van der Waals surface area contributed by atoms with Crippen molar-refractivity contribution >= 4 is 43.3 Å². The van der Waals surface area contributed by atoms with Crippen molar-refractivity contribution in [1.82, 2.24) is 9.97 Å². The molecule has 0 spiro atoms. The normalized spacial score (nSPS) is 11.1. The van der Waals surface area contributed by atoms with Gasteiger partial charge in [-0.3, -0.25) is 0 Å². The number of halogens is 2. The summed E-state index contributed by atoms with van der Waals surface area (Å²) in [5, 5.41) is 0.818. The lowest BCUT2D eigenvalue weighted by Gasteiger charge is -2.05. The van der Waals surface area contributed by atoms with E-state index in [0.29, 0.717) is 21.7 Å². The van der Waals surface area contributed by atoms with E-state index in [-0.39, 0.29) is 5.82 Å². The van der Waals surface area contributed by atoms with Gasteiger partial charge in [-0.2, -0.15) is 0 Å². The van der Waals surface area contributed by atoms with Crippen molar-refractivity contribution < 1.29 is 4.39 Å². The Hall–Kier alpha value is -1.53. The minimum Gasteiger partial charge on any atom is -0.383 e. The van der Waals surface area contributed by atoms with E-state index in [1.165, 1.54) is 17.4 Å². The summed E-state index contributed by atoms with van der Waals surface area (Å²) in [6.45, 7) is 1.98. The van der Waals surface area contributed by atoms with Crippen LogP contribution in [0.1, 0.15) is 4.88 Å². The predicted octanol–water partition coefficient (Wildman–Crippen LogP) is 4.15. The molecule has 3 nitrogen and oxygen atoms in total. The van der Waals surface area contributed by atoms with Crippen molar-refractivity contribution in [1.29, 1.82) is 0 Å². The van der Waals surface area contributed by atoms with Gasteiger partial charge >= 0.3 is 0 Å². The first kappa shape index (κ1) is 12.5. The van der Waals surface area contributed by atoms with Crippen LogP contribution in [0.15, 0.2) is 28.7 Å². The zero-order valence-corrected chi connectivity index (χ0v) is 12.3. The number of benzene rings is 1. The maximum atomic E-state index is 13.9. The number of nitrogens with two attached hydrogens (primary N) is 1. The standard InChI is InChI=1S/C13H9BrFN3S/c1-6-5-7-11(16)17-12(18-13(7)19-6)10-8(14)3-2-4-9(10)15/h2-5H,1H3,(H2,16,17,18). The molecule has 0 aliphatic carbocycles. The van der Waals surface area contributed by atoms with Crippen LogP contribution in [0, 0.1) is 12.7 Å². The third-order valence-corrected chi connectivity index (χ3v) is 4.34. The predicted molar refractivity (Wildman–Crippen MR) is 79.7 cm³/mol. The summed E-state index contributed by atoms with van der Waals surface area (Å²) in [4.78, 5) is 10.5. The maximum Gasteiger partial charge on any atom is 0.167 e. The Morgan fingerprint density at radius 1 is 1.32 bits per heavy atom. The van der Waals surface area contributed by atoms with Crippen molar-refractivity contribution in [2.75, 3.05) is 5.73 Å². The molecule has 0 aliphatic rings. The van der Waals surface area contributed by atoms with E-state index in [0.717, 1.165) is 15.1 Å². The first-order chi connectivity index (χ1) is 9.06. The number of nitrogens with zero attached hydrogens (tertiary/aromatic N) is 2. The average Bonchev–Trinajstić information content (AvgIpc) is 2.70. The van der Waals surface area contributed by atoms with Crippen LogP contribution in [0.3, 0.4) is 0 Å². The minimum atomic E-state index is -0.374. The summed E-state index contributed by atoms with van der Waals surface area (Å²) in [7, 11) is 0. The van der Waals surface area contributed by atoms with Crippen molar-refractivity contribution in [3.05, 3.63) is 39.4 Å². The van der Waals surface area contributed by atoms with Gasteiger partial charge in [-0.25, -0.2) is 14.4 Å². The fourth-order valence-corrected chi connectivity index (χ4v) is 3.29.